The van der Waals surface area contributed by atoms with Gasteiger partial charge in [-0.2, -0.15) is 0 Å². The van der Waals surface area contributed by atoms with Crippen LogP contribution >= 0.6 is 0 Å². The Morgan fingerprint density at radius 2 is 1.69 bits per heavy atom. The molecule has 1 aliphatic rings. The van der Waals surface area contributed by atoms with Crippen molar-refractivity contribution in [1.82, 2.24) is 20.1 Å². The van der Waals surface area contributed by atoms with Gasteiger partial charge in [0.15, 0.2) is 0 Å². The van der Waals surface area contributed by atoms with Gasteiger partial charge in [-0.25, -0.2) is 4.98 Å². The van der Waals surface area contributed by atoms with E-state index in [1.807, 2.05) is 68.6 Å². The van der Waals surface area contributed by atoms with Crippen LogP contribution in [0.4, 0.5) is 0 Å². The van der Waals surface area contributed by atoms with Crippen molar-refractivity contribution in [1.29, 1.82) is 0 Å². The zero-order valence-corrected chi connectivity index (χ0v) is 20.7. The van der Waals surface area contributed by atoms with Gasteiger partial charge in [0.05, 0.1) is 13.2 Å². The predicted molar refractivity (Wildman–Crippen MR) is 137 cm³/mol. The number of benzene rings is 2. The quantitative estimate of drug-likeness (QED) is 0.498. The van der Waals surface area contributed by atoms with Crippen LogP contribution in [0.2, 0.25) is 0 Å². The maximum absolute atomic E-state index is 13.4. The van der Waals surface area contributed by atoms with Crippen molar-refractivity contribution in [3.05, 3.63) is 89.6 Å². The molecule has 2 heterocycles. The van der Waals surface area contributed by atoms with Gasteiger partial charge in [-0.3, -0.25) is 9.59 Å². The van der Waals surface area contributed by atoms with Gasteiger partial charge < -0.3 is 24.6 Å². The maximum atomic E-state index is 13.4. The van der Waals surface area contributed by atoms with E-state index >= 15 is 0 Å². The lowest BCUT2D eigenvalue weighted by atomic mass is 10.2. The summed E-state index contributed by atoms with van der Waals surface area (Å²) < 4.78 is 11.8. The summed E-state index contributed by atoms with van der Waals surface area (Å²) in [6.07, 6.45) is 1.57. The average molecular weight is 489 g/mol. The second kappa shape index (κ2) is 12.3. The summed E-state index contributed by atoms with van der Waals surface area (Å²) in [5, 5.41) is 2.87. The molecule has 188 valence electrons. The Morgan fingerprint density at radius 1 is 0.972 bits per heavy atom. The normalized spacial score (nSPS) is 14.8. The lowest BCUT2D eigenvalue weighted by molar-refractivity contribution is -0.136. The van der Waals surface area contributed by atoms with Crippen molar-refractivity contribution < 1.29 is 19.1 Å². The van der Waals surface area contributed by atoms with Crippen LogP contribution in [0.5, 0.6) is 11.6 Å². The van der Waals surface area contributed by atoms with E-state index in [-0.39, 0.29) is 24.0 Å². The van der Waals surface area contributed by atoms with Crippen LogP contribution in [0.15, 0.2) is 72.9 Å². The number of aromatic nitrogens is 1. The fourth-order valence-electron chi connectivity index (χ4n) is 3.89. The number of carbonyl (C=O) groups is 2. The number of ether oxygens (including phenoxy) is 2. The third-order valence-corrected chi connectivity index (χ3v) is 6.07. The molecular weight excluding hydrogens is 456 g/mol. The standard InChI is InChI=1S/C28H32N4O4/c1-21-10-12-23(13-11-21)36-27-24(9-6-14-29-27)26(33)30-25(20-35-19-22-7-4-3-5-8-22)28(34)32-17-15-31(2)16-18-32/h3-14,25H,15-20H2,1-2H3,(H,30,33)/t25-/m1/s1. The highest BCUT2D eigenvalue weighted by Gasteiger charge is 2.29. The van der Waals surface area contributed by atoms with E-state index in [0.717, 1.165) is 24.2 Å². The Bertz CT molecular complexity index is 1150. The number of aryl methyl sites for hydroxylation is 1. The topological polar surface area (TPSA) is 84.0 Å². The minimum absolute atomic E-state index is 0.0558. The molecule has 1 aromatic heterocycles. The van der Waals surface area contributed by atoms with E-state index in [1.54, 1.807) is 23.2 Å². The Kier molecular flexibility index (Phi) is 8.65. The summed E-state index contributed by atoms with van der Waals surface area (Å²) in [6.45, 7) is 5.17. The number of nitrogens with one attached hydrogen (secondary N) is 1. The molecule has 36 heavy (non-hydrogen) atoms. The van der Waals surface area contributed by atoms with Gasteiger partial charge in [0.25, 0.3) is 5.91 Å². The Hall–Kier alpha value is -3.75. The number of amides is 2. The van der Waals surface area contributed by atoms with Crippen LogP contribution in [-0.4, -0.2) is 72.5 Å². The molecule has 1 fully saturated rings. The van der Waals surface area contributed by atoms with Crippen LogP contribution in [-0.2, 0) is 16.1 Å². The highest BCUT2D eigenvalue weighted by Crippen LogP contribution is 2.23. The van der Waals surface area contributed by atoms with Gasteiger partial charge in [-0.15, -0.1) is 0 Å². The molecule has 2 amide bonds. The monoisotopic (exact) mass is 488 g/mol. The average Bonchev–Trinajstić information content (AvgIpc) is 2.90. The highest BCUT2D eigenvalue weighted by molar-refractivity contribution is 5.99. The Balaban J connectivity index is 1.48. The zero-order chi connectivity index (χ0) is 25.3. The molecule has 8 heteroatoms. The fraction of sp³-hybridized carbons (Fsp3) is 0.321. The van der Waals surface area contributed by atoms with Crippen LogP contribution < -0.4 is 10.1 Å². The molecule has 0 saturated carbocycles. The largest absolute Gasteiger partial charge is 0.438 e. The van der Waals surface area contributed by atoms with E-state index in [0.29, 0.717) is 25.4 Å². The van der Waals surface area contributed by atoms with Crippen molar-refractivity contribution >= 4 is 11.8 Å². The molecule has 0 radical (unpaired) electrons. The number of carbonyl (C=O) groups excluding carboxylic acids is 2. The molecule has 0 unspecified atom stereocenters. The molecule has 0 spiro atoms. The third-order valence-electron chi connectivity index (χ3n) is 6.07. The number of pyridine rings is 1. The summed E-state index contributed by atoms with van der Waals surface area (Å²) in [4.78, 5) is 34.9. The van der Waals surface area contributed by atoms with Gasteiger partial charge >= 0.3 is 0 Å². The predicted octanol–water partition coefficient (Wildman–Crippen LogP) is 3.27. The lowest BCUT2D eigenvalue weighted by Crippen LogP contribution is -2.55. The zero-order valence-electron chi connectivity index (χ0n) is 20.7. The summed E-state index contributed by atoms with van der Waals surface area (Å²) in [6, 6.07) is 19.7. The smallest absolute Gasteiger partial charge is 0.257 e. The first-order chi connectivity index (χ1) is 17.5. The van der Waals surface area contributed by atoms with Crippen molar-refractivity contribution in [3.63, 3.8) is 0 Å². The van der Waals surface area contributed by atoms with Gasteiger partial charge in [0.2, 0.25) is 11.8 Å². The van der Waals surface area contributed by atoms with Crippen molar-refractivity contribution in [2.24, 2.45) is 0 Å². The van der Waals surface area contributed by atoms with E-state index in [2.05, 4.69) is 15.2 Å². The van der Waals surface area contributed by atoms with Crippen molar-refractivity contribution in [3.8, 4) is 11.6 Å². The number of piperazine rings is 1. The van der Waals surface area contributed by atoms with Crippen molar-refractivity contribution in [2.75, 3.05) is 39.8 Å². The first-order valence-electron chi connectivity index (χ1n) is 12.1. The van der Waals surface area contributed by atoms with Crippen LogP contribution in [0.1, 0.15) is 21.5 Å². The van der Waals surface area contributed by atoms with Gasteiger partial charge in [0, 0.05) is 32.4 Å². The molecule has 1 N–H and O–H groups in total. The molecule has 0 aliphatic carbocycles. The molecular formula is C28H32N4O4. The van der Waals surface area contributed by atoms with Crippen LogP contribution in [0.25, 0.3) is 0 Å². The maximum Gasteiger partial charge on any atom is 0.257 e. The summed E-state index contributed by atoms with van der Waals surface area (Å²) in [7, 11) is 2.03. The minimum Gasteiger partial charge on any atom is -0.438 e. The number of hydrogen-bond donors (Lipinski definition) is 1. The molecule has 3 aromatic rings. The van der Waals surface area contributed by atoms with E-state index < -0.39 is 11.9 Å². The molecule has 8 nitrogen and oxygen atoms in total. The van der Waals surface area contributed by atoms with Crippen molar-refractivity contribution in [2.45, 2.75) is 19.6 Å². The summed E-state index contributed by atoms with van der Waals surface area (Å²) in [5.41, 5.74) is 2.34. The van der Waals surface area contributed by atoms with Crippen LogP contribution in [0, 0.1) is 6.92 Å². The van der Waals surface area contributed by atoms with E-state index in [4.69, 9.17) is 9.47 Å². The highest BCUT2D eigenvalue weighted by atomic mass is 16.5. The fourth-order valence-corrected chi connectivity index (χ4v) is 3.89. The lowest BCUT2D eigenvalue weighted by Gasteiger charge is -2.34. The number of rotatable bonds is 9. The SMILES string of the molecule is Cc1ccc(Oc2ncccc2C(=O)N[C@H](COCc2ccccc2)C(=O)N2CCN(C)CC2)cc1. The van der Waals surface area contributed by atoms with E-state index in [9.17, 15) is 9.59 Å². The molecule has 1 aliphatic heterocycles. The molecule has 0 bridgehead atoms. The number of nitrogens with zero attached hydrogens (tertiary/aromatic N) is 3. The molecule has 1 saturated heterocycles. The summed E-state index contributed by atoms with van der Waals surface area (Å²) in [5.74, 6) is 0.148. The number of likely N-dealkylation sites (N-methyl/N-ethyl adjacent to an activating group) is 1. The second-order valence-corrected chi connectivity index (χ2v) is 8.93. The summed E-state index contributed by atoms with van der Waals surface area (Å²) >= 11 is 0. The van der Waals surface area contributed by atoms with Gasteiger partial charge in [-0.05, 0) is 43.8 Å². The number of hydrogen-bond acceptors (Lipinski definition) is 6. The molecule has 4 rings (SSSR count). The minimum atomic E-state index is -0.836. The van der Waals surface area contributed by atoms with Gasteiger partial charge in [-0.1, -0.05) is 48.0 Å². The third kappa shape index (κ3) is 6.90. The Labute approximate surface area is 211 Å². The molecule has 1 atom stereocenters. The Morgan fingerprint density at radius 3 is 2.42 bits per heavy atom. The first-order valence-corrected chi connectivity index (χ1v) is 12.1. The van der Waals surface area contributed by atoms with E-state index in [1.165, 1.54) is 0 Å². The van der Waals surface area contributed by atoms with Gasteiger partial charge in [0.1, 0.15) is 17.4 Å². The molecule has 2 aromatic carbocycles. The first kappa shape index (κ1) is 25.3. The van der Waals surface area contributed by atoms with Crippen LogP contribution in [0.3, 0.4) is 0 Å². The second-order valence-electron chi connectivity index (χ2n) is 8.93.